The molecule has 0 aliphatic carbocycles. The number of anilines is 1. The number of nitrogens with one attached hydrogen (secondary N) is 1. The summed E-state index contributed by atoms with van der Waals surface area (Å²) in [6.45, 7) is 2.96. The molecule has 1 aromatic heterocycles. The Labute approximate surface area is 129 Å². The van der Waals surface area contributed by atoms with Crippen LogP contribution in [-0.2, 0) is 13.0 Å². The summed E-state index contributed by atoms with van der Waals surface area (Å²) in [5.41, 5.74) is 4.33. The van der Waals surface area contributed by atoms with Gasteiger partial charge in [0.15, 0.2) is 0 Å². The van der Waals surface area contributed by atoms with Crippen molar-refractivity contribution in [2.24, 2.45) is 0 Å². The Morgan fingerprint density at radius 2 is 1.77 bits per heavy atom. The average molecular weight is 293 g/mol. The molecule has 4 nitrogen and oxygen atoms in total. The summed E-state index contributed by atoms with van der Waals surface area (Å²) in [6.07, 6.45) is 2.50. The molecule has 2 aromatic carbocycles. The zero-order chi connectivity index (χ0) is 15.4. The topological polar surface area (TPSA) is 58.0 Å². The first-order valence-corrected chi connectivity index (χ1v) is 7.40. The van der Waals surface area contributed by atoms with Crippen LogP contribution in [0, 0.1) is 6.92 Å². The van der Waals surface area contributed by atoms with Gasteiger partial charge in [-0.1, -0.05) is 35.9 Å². The highest BCUT2D eigenvalue weighted by atomic mass is 16.3. The van der Waals surface area contributed by atoms with Crippen LogP contribution in [0.25, 0.3) is 10.9 Å². The van der Waals surface area contributed by atoms with Crippen LogP contribution < -0.4 is 5.32 Å². The molecule has 0 bridgehead atoms. The van der Waals surface area contributed by atoms with Crippen LogP contribution in [0.5, 0.6) is 0 Å². The smallest absolute Gasteiger partial charge is 0.137 e. The maximum atomic E-state index is 9.05. The van der Waals surface area contributed by atoms with Gasteiger partial charge in [-0.2, -0.15) is 0 Å². The Bertz CT molecular complexity index is 769. The molecule has 0 spiro atoms. The van der Waals surface area contributed by atoms with E-state index < -0.39 is 0 Å². The molecular weight excluding hydrogens is 274 g/mol. The fraction of sp³-hybridized carbons (Fsp3) is 0.222. The number of rotatable bonds is 5. The predicted molar refractivity (Wildman–Crippen MR) is 88.8 cm³/mol. The van der Waals surface area contributed by atoms with Crippen molar-refractivity contribution < 1.29 is 5.11 Å². The van der Waals surface area contributed by atoms with Crippen molar-refractivity contribution in [2.45, 2.75) is 20.0 Å². The first-order valence-electron chi connectivity index (χ1n) is 7.40. The maximum absolute atomic E-state index is 9.05. The summed E-state index contributed by atoms with van der Waals surface area (Å²) in [5.74, 6) is 0.876. The Morgan fingerprint density at radius 1 is 1.00 bits per heavy atom. The second kappa shape index (κ2) is 6.54. The normalized spacial score (nSPS) is 10.8. The zero-order valence-electron chi connectivity index (χ0n) is 12.6. The van der Waals surface area contributed by atoms with E-state index in [0.717, 1.165) is 35.2 Å². The largest absolute Gasteiger partial charge is 0.392 e. The van der Waals surface area contributed by atoms with Gasteiger partial charge in [-0.05, 0) is 36.6 Å². The van der Waals surface area contributed by atoms with E-state index in [1.54, 1.807) is 6.33 Å². The molecule has 0 unspecified atom stereocenters. The van der Waals surface area contributed by atoms with E-state index in [4.69, 9.17) is 5.11 Å². The third-order valence-corrected chi connectivity index (χ3v) is 3.70. The highest BCUT2D eigenvalue weighted by Crippen LogP contribution is 2.20. The number of fused-ring (bicyclic) bond motifs is 1. The van der Waals surface area contributed by atoms with Crippen LogP contribution in [0.3, 0.4) is 0 Å². The molecule has 3 aromatic rings. The maximum Gasteiger partial charge on any atom is 0.137 e. The number of aliphatic hydroxyl groups is 1. The lowest BCUT2D eigenvalue weighted by atomic mass is 10.1. The van der Waals surface area contributed by atoms with Gasteiger partial charge in [0.2, 0.25) is 0 Å². The molecule has 0 saturated carbocycles. The summed E-state index contributed by atoms with van der Waals surface area (Å²) < 4.78 is 0. The van der Waals surface area contributed by atoms with Gasteiger partial charge in [-0.25, -0.2) is 9.97 Å². The number of nitrogens with zero attached hydrogens (tertiary/aromatic N) is 2. The van der Waals surface area contributed by atoms with Gasteiger partial charge in [0.1, 0.15) is 12.1 Å². The molecule has 22 heavy (non-hydrogen) atoms. The monoisotopic (exact) mass is 293 g/mol. The van der Waals surface area contributed by atoms with Crippen LogP contribution in [0.4, 0.5) is 5.82 Å². The van der Waals surface area contributed by atoms with Crippen LogP contribution in [0.15, 0.2) is 48.8 Å². The van der Waals surface area contributed by atoms with Crippen LogP contribution in [0.1, 0.15) is 16.7 Å². The first kappa shape index (κ1) is 14.5. The summed E-state index contributed by atoms with van der Waals surface area (Å²) in [4.78, 5) is 8.64. The van der Waals surface area contributed by atoms with Crippen molar-refractivity contribution in [1.29, 1.82) is 0 Å². The molecule has 4 heteroatoms. The van der Waals surface area contributed by atoms with Gasteiger partial charge in [0, 0.05) is 11.9 Å². The number of aryl methyl sites for hydroxylation is 1. The number of aliphatic hydroxyl groups excluding tert-OH is 1. The van der Waals surface area contributed by atoms with E-state index in [1.807, 2.05) is 18.2 Å². The molecule has 1 heterocycles. The molecule has 0 radical (unpaired) electrons. The molecule has 0 amide bonds. The lowest BCUT2D eigenvalue weighted by Crippen LogP contribution is -2.07. The summed E-state index contributed by atoms with van der Waals surface area (Å²) in [6, 6.07) is 14.2. The summed E-state index contributed by atoms with van der Waals surface area (Å²) in [7, 11) is 0. The molecule has 0 aliphatic rings. The lowest BCUT2D eigenvalue weighted by molar-refractivity contribution is 0.282. The molecule has 0 atom stereocenters. The van der Waals surface area contributed by atoms with Gasteiger partial charge < -0.3 is 10.4 Å². The van der Waals surface area contributed by atoms with Gasteiger partial charge in [-0.15, -0.1) is 0 Å². The number of hydrogen-bond acceptors (Lipinski definition) is 4. The van der Waals surface area contributed by atoms with Gasteiger partial charge in [0.25, 0.3) is 0 Å². The van der Waals surface area contributed by atoms with Crippen LogP contribution in [-0.4, -0.2) is 21.6 Å². The minimum Gasteiger partial charge on any atom is -0.392 e. The Balaban J connectivity index is 1.69. The molecule has 0 fully saturated rings. The van der Waals surface area contributed by atoms with Crippen molar-refractivity contribution in [1.82, 2.24) is 9.97 Å². The third kappa shape index (κ3) is 3.23. The standard InChI is InChI=1S/C18H19N3O/c1-13-2-7-17-16(10-13)18(21-12-20-17)19-9-8-14-3-5-15(11-22)6-4-14/h2-7,10,12,22H,8-9,11H2,1H3,(H,19,20,21). The van der Waals surface area contributed by atoms with E-state index in [1.165, 1.54) is 11.1 Å². The summed E-state index contributed by atoms with van der Waals surface area (Å²) >= 11 is 0. The van der Waals surface area contributed by atoms with Crippen molar-refractivity contribution in [2.75, 3.05) is 11.9 Å². The van der Waals surface area contributed by atoms with Crippen LogP contribution >= 0.6 is 0 Å². The van der Waals surface area contributed by atoms with Crippen LogP contribution in [0.2, 0.25) is 0 Å². The SMILES string of the molecule is Cc1ccc2ncnc(NCCc3ccc(CO)cc3)c2c1. The average Bonchev–Trinajstić information content (AvgIpc) is 2.56. The molecular formula is C18H19N3O. The Kier molecular flexibility index (Phi) is 4.30. The van der Waals surface area contributed by atoms with E-state index >= 15 is 0 Å². The van der Waals surface area contributed by atoms with Crippen molar-refractivity contribution in [3.05, 3.63) is 65.5 Å². The van der Waals surface area contributed by atoms with Crippen molar-refractivity contribution in [3.8, 4) is 0 Å². The van der Waals surface area contributed by atoms with Gasteiger partial charge >= 0.3 is 0 Å². The van der Waals surface area contributed by atoms with Gasteiger partial charge in [-0.3, -0.25) is 0 Å². The second-order valence-electron chi connectivity index (χ2n) is 5.39. The number of hydrogen-bond donors (Lipinski definition) is 2. The highest BCUT2D eigenvalue weighted by Gasteiger charge is 2.03. The van der Waals surface area contributed by atoms with Gasteiger partial charge in [0.05, 0.1) is 12.1 Å². The molecule has 2 N–H and O–H groups in total. The van der Waals surface area contributed by atoms with E-state index in [0.29, 0.717) is 0 Å². The molecule has 112 valence electrons. The number of benzene rings is 2. The highest BCUT2D eigenvalue weighted by molar-refractivity contribution is 5.89. The molecule has 0 saturated heterocycles. The fourth-order valence-electron chi connectivity index (χ4n) is 2.45. The first-order chi connectivity index (χ1) is 10.8. The minimum absolute atomic E-state index is 0.0881. The predicted octanol–water partition coefficient (Wildman–Crippen LogP) is 3.09. The lowest BCUT2D eigenvalue weighted by Gasteiger charge is -2.09. The van der Waals surface area contributed by atoms with E-state index in [9.17, 15) is 0 Å². The van der Waals surface area contributed by atoms with Crippen molar-refractivity contribution in [3.63, 3.8) is 0 Å². The second-order valence-corrected chi connectivity index (χ2v) is 5.39. The zero-order valence-corrected chi connectivity index (χ0v) is 12.6. The third-order valence-electron chi connectivity index (χ3n) is 3.70. The quantitative estimate of drug-likeness (QED) is 0.759. The Hall–Kier alpha value is -2.46. The van der Waals surface area contributed by atoms with Crippen molar-refractivity contribution >= 4 is 16.7 Å². The molecule has 0 aliphatic heterocycles. The Morgan fingerprint density at radius 3 is 2.55 bits per heavy atom. The van der Waals surface area contributed by atoms with E-state index in [-0.39, 0.29) is 6.61 Å². The molecule has 3 rings (SSSR count). The van der Waals surface area contributed by atoms with E-state index in [2.05, 4.69) is 46.5 Å². The minimum atomic E-state index is 0.0881. The number of aromatic nitrogens is 2. The fourth-order valence-corrected chi connectivity index (χ4v) is 2.45. The summed E-state index contributed by atoms with van der Waals surface area (Å²) in [5, 5.41) is 13.5.